The summed E-state index contributed by atoms with van der Waals surface area (Å²) in [7, 11) is 0. The Morgan fingerprint density at radius 1 is 0.531 bits per heavy atom. The minimum absolute atomic E-state index is 1.26. The first-order chi connectivity index (χ1) is 15.8. The molecule has 1 aliphatic carbocycles. The van der Waals surface area contributed by atoms with Crippen molar-refractivity contribution in [1.29, 1.82) is 0 Å². The van der Waals surface area contributed by atoms with E-state index >= 15 is 0 Å². The highest BCUT2D eigenvalue weighted by Gasteiger charge is 2.30. The zero-order chi connectivity index (χ0) is 21.5. The second kappa shape index (κ2) is 7.85. The molecule has 0 saturated carbocycles. The SMILES string of the molecule is Cc1ccc(Sc2ccc(C(=C3c4cc5ccccc5cc43)c3ccccc3)cc2)cc1. The molecule has 0 heterocycles. The van der Waals surface area contributed by atoms with Crippen LogP contribution in [0, 0.1) is 6.92 Å². The topological polar surface area (TPSA) is 0 Å². The minimum atomic E-state index is 1.26. The van der Waals surface area contributed by atoms with E-state index in [1.807, 2.05) is 11.8 Å². The Labute approximate surface area is 193 Å². The first-order valence-corrected chi connectivity index (χ1v) is 11.8. The predicted octanol–water partition coefficient (Wildman–Crippen LogP) is 8.62. The van der Waals surface area contributed by atoms with Crippen molar-refractivity contribution in [2.45, 2.75) is 16.7 Å². The summed E-state index contributed by atoms with van der Waals surface area (Å²) in [5.74, 6) is 0. The molecule has 0 N–H and O–H groups in total. The molecular weight excluding hydrogens is 404 g/mol. The summed E-state index contributed by atoms with van der Waals surface area (Å²) in [4.78, 5) is 2.53. The van der Waals surface area contributed by atoms with E-state index < -0.39 is 0 Å². The minimum Gasteiger partial charge on any atom is -0.0901 e. The Morgan fingerprint density at radius 3 is 1.62 bits per heavy atom. The van der Waals surface area contributed by atoms with Gasteiger partial charge in [0.25, 0.3) is 0 Å². The maximum atomic E-state index is 2.34. The highest BCUT2D eigenvalue weighted by molar-refractivity contribution is 7.99. The normalized spacial score (nSPS) is 12.0. The number of hydrogen-bond donors (Lipinski definition) is 0. The van der Waals surface area contributed by atoms with Crippen LogP contribution < -0.4 is 0 Å². The first-order valence-electron chi connectivity index (χ1n) is 10.9. The molecular formula is C31H22S. The van der Waals surface area contributed by atoms with Crippen LogP contribution in [0.4, 0.5) is 0 Å². The van der Waals surface area contributed by atoms with Crippen LogP contribution in [-0.2, 0) is 0 Å². The highest BCUT2D eigenvalue weighted by Crippen LogP contribution is 2.51. The Balaban J connectivity index is 1.41. The van der Waals surface area contributed by atoms with Gasteiger partial charge in [-0.2, -0.15) is 0 Å². The molecule has 0 aliphatic heterocycles. The van der Waals surface area contributed by atoms with Crippen LogP contribution in [0.5, 0.6) is 0 Å². The van der Waals surface area contributed by atoms with Crippen molar-refractivity contribution in [2.75, 3.05) is 0 Å². The Morgan fingerprint density at radius 2 is 1.03 bits per heavy atom. The van der Waals surface area contributed by atoms with Gasteiger partial charge in [0, 0.05) is 9.79 Å². The van der Waals surface area contributed by atoms with Gasteiger partial charge in [0.05, 0.1) is 0 Å². The molecule has 5 aromatic rings. The predicted molar refractivity (Wildman–Crippen MR) is 137 cm³/mol. The van der Waals surface area contributed by atoms with Gasteiger partial charge in [0.15, 0.2) is 0 Å². The summed E-state index contributed by atoms with van der Waals surface area (Å²) >= 11 is 1.81. The average molecular weight is 427 g/mol. The van der Waals surface area contributed by atoms with Crippen molar-refractivity contribution < 1.29 is 0 Å². The maximum Gasteiger partial charge on any atom is 0.0122 e. The Kier molecular flexibility index (Phi) is 4.70. The molecule has 0 unspecified atom stereocenters. The highest BCUT2D eigenvalue weighted by atomic mass is 32.2. The second-order valence-corrected chi connectivity index (χ2v) is 9.45. The van der Waals surface area contributed by atoms with E-state index in [9.17, 15) is 0 Å². The van der Waals surface area contributed by atoms with Gasteiger partial charge >= 0.3 is 0 Å². The van der Waals surface area contributed by atoms with E-state index in [0.29, 0.717) is 0 Å². The van der Waals surface area contributed by atoms with Gasteiger partial charge in [-0.1, -0.05) is 96.2 Å². The van der Waals surface area contributed by atoms with Gasteiger partial charge < -0.3 is 0 Å². The van der Waals surface area contributed by atoms with Crippen LogP contribution in [0.25, 0.3) is 21.9 Å². The number of fused-ring (bicyclic) bond motifs is 2. The van der Waals surface area contributed by atoms with Crippen LogP contribution in [0.2, 0.25) is 0 Å². The first kappa shape index (κ1) is 19.2. The summed E-state index contributed by atoms with van der Waals surface area (Å²) in [6.45, 7) is 2.13. The third-order valence-electron chi connectivity index (χ3n) is 6.07. The summed E-state index contributed by atoms with van der Waals surface area (Å²) in [6, 6.07) is 41.8. The molecule has 0 radical (unpaired) electrons. The molecule has 32 heavy (non-hydrogen) atoms. The molecule has 152 valence electrons. The Bertz CT molecular complexity index is 1410. The quantitative estimate of drug-likeness (QED) is 0.272. The largest absolute Gasteiger partial charge is 0.0901 e. The molecule has 1 heteroatoms. The van der Waals surface area contributed by atoms with E-state index in [-0.39, 0.29) is 0 Å². The molecule has 0 amide bonds. The fourth-order valence-electron chi connectivity index (χ4n) is 4.36. The molecule has 0 bridgehead atoms. The zero-order valence-electron chi connectivity index (χ0n) is 17.9. The third-order valence-corrected chi connectivity index (χ3v) is 7.09. The van der Waals surface area contributed by atoms with Crippen molar-refractivity contribution in [2.24, 2.45) is 0 Å². The average Bonchev–Trinajstić information content (AvgIpc) is 3.53. The standard InChI is InChI=1S/C31H22S/c1-21-11-15-26(16-12-21)32-27-17-13-23(14-18-27)30(22-7-3-2-4-8-22)31-28-19-24-9-5-6-10-25(24)20-29(28)31/h2-20H,1H3. The lowest BCUT2D eigenvalue weighted by Gasteiger charge is -2.10. The fraction of sp³-hybridized carbons (Fsp3) is 0.0323. The van der Waals surface area contributed by atoms with Gasteiger partial charge in [-0.25, -0.2) is 0 Å². The molecule has 0 saturated heterocycles. The number of rotatable bonds is 4. The molecule has 0 spiro atoms. The van der Waals surface area contributed by atoms with Crippen LogP contribution in [0.3, 0.4) is 0 Å². The Hall–Kier alpha value is -3.55. The monoisotopic (exact) mass is 426 g/mol. The second-order valence-electron chi connectivity index (χ2n) is 8.30. The van der Waals surface area contributed by atoms with Crippen LogP contribution in [0.15, 0.2) is 125 Å². The molecule has 0 fully saturated rings. The molecule has 5 aromatic carbocycles. The summed E-state index contributed by atoms with van der Waals surface area (Å²) in [5.41, 5.74) is 9.28. The lowest BCUT2D eigenvalue weighted by atomic mass is 9.96. The van der Waals surface area contributed by atoms with Gasteiger partial charge in [0.1, 0.15) is 0 Å². The molecule has 0 atom stereocenters. The summed E-state index contributed by atoms with van der Waals surface area (Å²) < 4.78 is 0. The van der Waals surface area contributed by atoms with Crippen molar-refractivity contribution in [3.63, 3.8) is 0 Å². The fourth-order valence-corrected chi connectivity index (χ4v) is 5.18. The third kappa shape index (κ3) is 3.55. The summed E-state index contributed by atoms with van der Waals surface area (Å²) in [6.07, 6.45) is 0. The smallest absolute Gasteiger partial charge is 0.0122 e. The van der Waals surface area contributed by atoms with E-state index in [4.69, 9.17) is 0 Å². The number of benzene rings is 5. The van der Waals surface area contributed by atoms with Crippen molar-refractivity contribution >= 4 is 33.7 Å². The van der Waals surface area contributed by atoms with Gasteiger partial charge in [0.2, 0.25) is 0 Å². The molecule has 1 aliphatic rings. The lowest BCUT2D eigenvalue weighted by Crippen LogP contribution is -1.88. The molecule has 0 nitrogen and oxygen atoms in total. The van der Waals surface area contributed by atoms with Gasteiger partial charge in [-0.15, -0.1) is 0 Å². The summed E-state index contributed by atoms with van der Waals surface area (Å²) in [5, 5.41) is 2.61. The molecule has 6 rings (SSSR count). The van der Waals surface area contributed by atoms with Gasteiger partial charge in [-0.3, -0.25) is 0 Å². The van der Waals surface area contributed by atoms with E-state index in [2.05, 4.69) is 122 Å². The van der Waals surface area contributed by atoms with Gasteiger partial charge in [-0.05, 0) is 87.5 Å². The zero-order valence-corrected chi connectivity index (χ0v) is 18.7. The van der Waals surface area contributed by atoms with E-state index in [0.717, 1.165) is 0 Å². The van der Waals surface area contributed by atoms with Crippen molar-refractivity contribution in [3.8, 4) is 0 Å². The van der Waals surface area contributed by atoms with Crippen molar-refractivity contribution in [1.82, 2.24) is 0 Å². The van der Waals surface area contributed by atoms with Crippen LogP contribution in [0.1, 0.15) is 27.8 Å². The van der Waals surface area contributed by atoms with E-state index in [1.165, 1.54) is 59.5 Å². The molecule has 0 aromatic heterocycles. The number of aryl methyl sites for hydroxylation is 1. The number of hydrogen-bond acceptors (Lipinski definition) is 1. The van der Waals surface area contributed by atoms with E-state index in [1.54, 1.807) is 0 Å². The van der Waals surface area contributed by atoms with Crippen LogP contribution in [-0.4, -0.2) is 0 Å². The van der Waals surface area contributed by atoms with Crippen molar-refractivity contribution in [3.05, 3.63) is 143 Å². The maximum absolute atomic E-state index is 2.34. The van der Waals surface area contributed by atoms with Crippen LogP contribution >= 0.6 is 11.8 Å². The lowest BCUT2D eigenvalue weighted by molar-refractivity contribution is 1.36.